The second kappa shape index (κ2) is 6.84. The van der Waals surface area contributed by atoms with Crippen LogP contribution in [0.5, 0.6) is 0 Å². The van der Waals surface area contributed by atoms with Crippen LogP contribution in [0, 0.1) is 0 Å². The van der Waals surface area contributed by atoms with Crippen molar-refractivity contribution in [2.24, 2.45) is 0 Å². The van der Waals surface area contributed by atoms with Crippen molar-refractivity contribution < 1.29 is 8.42 Å². The van der Waals surface area contributed by atoms with Crippen molar-refractivity contribution in [2.45, 2.75) is 44.2 Å². The first-order valence-corrected chi connectivity index (χ1v) is 8.89. The summed E-state index contributed by atoms with van der Waals surface area (Å²) < 4.78 is 27.0. The van der Waals surface area contributed by atoms with Gasteiger partial charge in [0.2, 0.25) is 10.0 Å². The molecule has 0 aromatic heterocycles. The third-order valence-corrected chi connectivity index (χ3v) is 6.67. The van der Waals surface area contributed by atoms with Crippen molar-refractivity contribution in [1.82, 2.24) is 9.62 Å². The van der Waals surface area contributed by atoms with Crippen molar-refractivity contribution >= 4 is 33.2 Å². The predicted molar refractivity (Wildman–Crippen MR) is 88.5 cm³/mol. The molecule has 0 aliphatic rings. The van der Waals surface area contributed by atoms with E-state index < -0.39 is 15.6 Å². The molecule has 0 radical (unpaired) electrons. The summed E-state index contributed by atoms with van der Waals surface area (Å²) in [6, 6.07) is 3.07. The highest BCUT2D eigenvalue weighted by Gasteiger charge is 2.34. The van der Waals surface area contributed by atoms with Crippen LogP contribution in [0.1, 0.15) is 32.8 Å². The summed E-state index contributed by atoms with van der Waals surface area (Å²) in [6.07, 6.45) is 0.685. The molecule has 0 aliphatic carbocycles. The normalized spacial score (nSPS) is 13.0. The largest absolute Gasteiger partial charge is 0.316 e. The van der Waals surface area contributed by atoms with Gasteiger partial charge < -0.3 is 5.32 Å². The SMILES string of the molecule is CCC(C)(C)N(C)S(=O)(=O)c1cc(Cl)cc(CNC)c1Cl. The van der Waals surface area contributed by atoms with E-state index in [1.165, 1.54) is 10.4 Å². The molecular formula is C14H22Cl2N2O2S. The minimum atomic E-state index is -3.71. The molecule has 1 rings (SSSR count). The Balaban J connectivity index is 3.45. The zero-order valence-corrected chi connectivity index (χ0v) is 15.3. The summed E-state index contributed by atoms with van der Waals surface area (Å²) in [5, 5.41) is 3.52. The van der Waals surface area contributed by atoms with E-state index in [2.05, 4.69) is 5.32 Å². The monoisotopic (exact) mass is 352 g/mol. The molecule has 0 heterocycles. The Labute approximate surface area is 137 Å². The lowest BCUT2D eigenvalue weighted by molar-refractivity contribution is 0.257. The third kappa shape index (κ3) is 3.90. The minimum Gasteiger partial charge on any atom is -0.316 e. The van der Waals surface area contributed by atoms with E-state index >= 15 is 0 Å². The van der Waals surface area contributed by atoms with Gasteiger partial charge in [0.15, 0.2) is 0 Å². The average molecular weight is 353 g/mol. The fourth-order valence-electron chi connectivity index (χ4n) is 1.82. The molecule has 0 saturated heterocycles. The molecule has 0 fully saturated rings. The van der Waals surface area contributed by atoms with Gasteiger partial charge in [-0.25, -0.2) is 8.42 Å². The Hall–Kier alpha value is -0.330. The molecule has 1 aromatic rings. The van der Waals surface area contributed by atoms with Crippen LogP contribution in [-0.4, -0.2) is 32.4 Å². The second-order valence-corrected chi connectivity index (χ2v) is 8.30. The van der Waals surface area contributed by atoms with Crippen LogP contribution in [-0.2, 0) is 16.6 Å². The third-order valence-electron chi connectivity index (χ3n) is 3.80. The van der Waals surface area contributed by atoms with E-state index in [1.807, 2.05) is 20.8 Å². The smallest absolute Gasteiger partial charge is 0.244 e. The number of nitrogens with zero attached hydrogens (tertiary/aromatic N) is 1. The van der Waals surface area contributed by atoms with Crippen LogP contribution in [0.3, 0.4) is 0 Å². The molecule has 0 amide bonds. The summed E-state index contributed by atoms with van der Waals surface area (Å²) in [6.45, 7) is 6.13. The van der Waals surface area contributed by atoms with E-state index in [1.54, 1.807) is 20.2 Å². The van der Waals surface area contributed by atoms with Gasteiger partial charge in [-0.3, -0.25) is 0 Å². The molecule has 1 N–H and O–H groups in total. The number of rotatable bonds is 6. The summed E-state index contributed by atoms with van der Waals surface area (Å²) in [7, 11) is -0.389. The lowest BCUT2D eigenvalue weighted by atomic mass is 10.0. The molecule has 120 valence electrons. The van der Waals surface area contributed by atoms with Gasteiger partial charge in [-0.15, -0.1) is 0 Å². The summed E-state index contributed by atoms with van der Waals surface area (Å²) in [4.78, 5) is 0.0472. The Morgan fingerprint density at radius 3 is 2.33 bits per heavy atom. The van der Waals surface area contributed by atoms with E-state index in [9.17, 15) is 8.42 Å². The maximum Gasteiger partial charge on any atom is 0.244 e. The van der Waals surface area contributed by atoms with Gasteiger partial charge >= 0.3 is 0 Å². The number of hydrogen-bond donors (Lipinski definition) is 1. The van der Waals surface area contributed by atoms with Crippen LogP contribution < -0.4 is 5.32 Å². The molecule has 0 bridgehead atoms. The Bertz CT molecular complexity index is 616. The summed E-state index contributed by atoms with van der Waals surface area (Å²) in [5.74, 6) is 0. The maximum atomic E-state index is 12.8. The maximum absolute atomic E-state index is 12.8. The zero-order chi connectivity index (χ0) is 16.4. The molecule has 21 heavy (non-hydrogen) atoms. The summed E-state index contributed by atoms with van der Waals surface area (Å²) >= 11 is 12.3. The van der Waals surface area contributed by atoms with Gasteiger partial charge in [0, 0.05) is 24.2 Å². The summed E-state index contributed by atoms with van der Waals surface area (Å²) in [5.41, 5.74) is 0.154. The second-order valence-electron chi connectivity index (χ2n) is 5.55. The van der Waals surface area contributed by atoms with Crippen LogP contribution in [0.2, 0.25) is 10.0 Å². The molecule has 0 spiro atoms. The molecular weight excluding hydrogens is 331 g/mol. The highest BCUT2D eigenvalue weighted by Crippen LogP contribution is 2.33. The van der Waals surface area contributed by atoms with Crippen molar-refractivity contribution in [3.05, 3.63) is 27.7 Å². The quantitative estimate of drug-likeness (QED) is 0.851. The zero-order valence-electron chi connectivity index (χ0n) is 13.0. The molecule has 0 unspecified atom stereocenters. The fraction of sp³-hybridized carbons (Fsp3) is 0.571. The van der Waals surface area contributed by atoms with E-state index in [4.69, 9.17) is 23.2 Å². The van der Waals surface area contributed by atoms with Crippen LogP contribution in [0.25, 0.3) is 0 Å². The van der Waals surface area contributed by atoms with Crippen molar-refractivity contribution in [3.63, 3.8) is 0 Å². The number of benzene rings is 1. The molecule has 7 heteroatoms. The average Bonchev–Trinajstić information content (AvgIpc) is 2.41. The lowest BCUT2D eigenvalue weighted by Crippen LogP contribution is -2.44. The molecule has 0 aliphatic heterocycles. The van der Waals surface area contributed by atoms with E-state index in [0.29, 0.717) is 23.6 Å². The first kappa shape index (κ1) is 18.7. The van der Waals surface area contributed by atoms with Gasteiger partial charge in [-0.05, 0) is 45.0 Å². The number of halogens is 2. The molecule has 0 saturated carbocycles. The standard InChI is InChI=1S/C14H22Cl2N2O2S/c1-6-14(2,3)18(5)21(19,20)12-8-11(15)7-10(9-17-4)13(12)16/h7-8,17H,6,9H2,1-5H3. The van der Waals surface area contributed by atoms with Crippen molar-refractivity contribution in [2.75, 3.05) is 14.1 Å². The highest BCUT2D eigenvalue weighted by atomic mass is 35.5. The molecule has 0 atom stereocenters. The Morgan fingerprint density at radius 1 is 1.29 bits per heavy atom. The minimum absolute atomic E-state index is 0.0472. The van der Waals surface area contributed by atoms with Crippen LogP contribution in [0.15, 0.2) is 17.0 Å². The van der Waals surface area contributed by atoms with Gasteiger partial charge in [0.05, 0.1) is 5.02 Å². The van der Waals surface area contributed by atoms with Gasteiger partial charge in [0.25, 0.3) is 0 Å². The van der Waals surface area contributed by atoms with Crippen molar-refractivity contribution in [1.29, 1.82) is 0 Å². The van der Waals surface area contributed by atoms with Gasteiger partial charge in [0.1, 0.15) is 4.90 Å². The van der Waals surface area contributed by atoms with Crippen LogP contribution >= 0.6 is 23.2 Å². The first-order chi connectivity index (χ1) is 9.57. The predicted octanol–water partition coefficient (Wildman–Crippen LogP) is 3.52. The van der Waals surface area contributed by atoms with Crippen LogP contribution in [0.4, 0.5) is 0 Å². The highest BCUT2D eigenvalue weighted by molar-refractivity contribution is 7.89. The number of hydrogen-bond acceptors (Lipinski definition) is 3. The number of nitrogens with one attached hydrogen (secondary N) is 1. The molecule has 1 aromatic carbocycles. The Morgan fingerprint density at radius 2 is 1.86 bits per heavy atom. The Kier molecular flexibility index (Phi) is 6.09. The van der Waals surface area contributed by atoms with Gasteiger partial charge in [-0.2, -0.15) is 4.31 Å². The van der Waals surface area contributed by atoms with Gasteiger partial charge in [-0.1, -0.05) is 30.1 Å². The van der Waals surface area contributed by atoms with Crippen molar-refractivity contribution in [3.8, 4) is 0 Å². The van der Waals surface area contributed by atoms with E-state index in [-0.39, 0.29) is 9.92 Å². The first-order valence-electron chi connectivity index (χ1n) is 6.69. The topological polar surface area (TPSA) is 49.4 Å². The molecule has 4 nitrogen and oxygen atoms in total. The number of sulfonamides is 1. The fourth-order valence-corrected chi connectivity index (χ4v) is 4.30. The lowest BCUT2D eigenvalue weighted by Gasteiger charge is -2.34. The van der Waals surface area contributed by atoms with E-state index in [0.717, 1.165) is 0 Å².